The maximum atomic E-state index is 11.1. The van der Waals surface area contributed by atoms with Gasteiger partial charge < -0.3 is 9.47 Å². The van der Waals surface area contributed by atoms with Gasteiger partial charge in [0.15, 0.2) is 5.78 Å². The molecule has 2 aromatic carbocycles. The third kappa shape index (κ3) is 5.84. The fourth-order valence-electron chi connectivity index (χ4n) is 1.40. The van der Waals surface area contributed by atoms with E-state index in [0.29, 0.717) is 5.56 Å². The largest absolute Gasteiger partial charge is 0.497 e. The van der Waals surface area contributed by atoms with E-state index in [4.69, 9.17) is 9.47 Å². The lowest BCUT2D eigenvalue weighted by Crippen LogP contribution is -2.06. The fourth-order valence-corrected chi connectivity index (χ4v) is 1.40. The number of carbonyl (C=O) groups is 1. The molecule has 2 rings (SSSR count). The standard InChI is InChI=1S/C9H10O2.C7H8O/c1-11-7-9(10)8-5-3-2-4-6-8;1-8-7-5-3-2-4-6-7/h2-6H,7H2,1H3;2-6H,1H3. The number of methoxy groups -OCH3 is 2. The molecule has 0 saturated carbocycles. The second kappa shape index (κ2) is 8.89. The molecule has 0 saturated heterocycles. The Labute approximate surface area is 113 Å². The zero-order valence-electron chi connectivity index (χ0n) is 11.2. The minimum absolute atomic E-state index is 0.0214. The van der Waals surface area contributed by atoms with Crippen molar-refractivity contribution in [3.63, 3.8) is 0 Å². The van der Waals surface area contributed by atoms with Gasteiger partial charge in [-0.05, 0) is 12.1 Å². The Hall–Kier alpha value is -2.13. The monoisotopic (exact) mass is 258 g/mol. The van der Waals surface area contributed by atoms with Crippen LogP contribution < -0.4 is 4.74 Å². The summed E-state index contributed by atoms with van der Waals surface area (Å²) in [5.41, 5.74) is 0.703. The maximum absolute atomic E-state index is 11.1. The number of Topliss-reactive ketones (excluding diaryl/α,β-unsaturated/α-hetero) is 1. The quantitative estimate of drug-likeness (QED) is 0.790. The maximum Gasteiger partial charge on any atom is 0.188 e. The number of ketones is 1. The Balaban J connectivity index is 0.000000200. The number of rotatable bonds is 4. The van der Waals surface area contributed by atoms with Crippen molar-refractivity contribution in [2.24, 2.45) is 0 Å². The molecule has 0 aliphatic heterocycles. The lowest BCUT2D eigenvalue weighted by atomic mass is 10.1. The van der Waals surface area contributed by atoms with Crippen LogP contribution in [0.15, 0.2) is 60.7 Å². The molecule has 0 atom stereocenters. The summed E-state index contributed by atoms with van der Waals surface area (Å²) in [6.45, 7) is 0.157. The topological polar surface area (TPSA) is 35.5 Å². The van der Waals surface area contributed by atoms with E-state index in [1.165, 1.54) is 7.11 Å². The summed E-state index contributed by atoms with van der Waals surface area (Å²) in [5, 5.41) is 0. The third-order valence-corrected chi connectivity index (χ3v) is 2.35. The summed E-state index contributed by atoms with van der Waals surface area (Å²) < 4.78 is 9.62. The van der Waals surface area contributed by atoms with Crippen LogP contribution in [0.1, 0.15) is 10.4 Å². The lowest BCUT2D eigenvalue weighted by molar-refractivity contribution is 0.0848. The number of para-hydroxylation sites is 1. The van der Waals surface area contributed by atoms with E-state index in [9.17, 15) is 4.79 Å². The van der Waals surface area contributed by atoms with Crippen molar-refractivity contribution in [3.05, 3.63) is 66.2 Å². The van der Waals surface area contributed by atoms with Crippen molar-refractivity contribution in [2.75, 3.05) is 20.8 Å². The minimum atomic E-state index is 0.0214. The highest BCUT2D eigenvalue weighted by Crippen LogP contribution is 2.05. The third-order valence-electron chi connectivity index (χ3n) is 2.35. The van der Waals surface area contributed by atoms with Crippen molar-refractivity contribution in [2.45, 2.75) is 0 Å². The molecule has 0 N–H and O–H groups in total. The molecule has 0 aliphatic rings. The van der Waals surface area contributed by atoms with Gasteiger partial charge in [0, 0.05) is 12.7 Å². The highest BCUT2D eigenvalue weighted by Gasteiger charge is 2.01. The van der Waals surface area contributed by atoms with Crippen molar-refractivity contribution in [3.8, 4) is 5.75 Å². The molecule has 0 heterocycles. The molecular formula is C16H18O3. The zero-order chi connectivity index (χ0) is 13.9. The first-order valence-corrected chi connectivity index (χ1v) is 5.94. The van der Waals surface area contributed by atoms with Crippen molar-refractivity contribution < 1.29 is 14.3 Å². The first kappa shape index (κ1) is 14.9. The van der Waals surface area contributed by atoms with Crippen LogP contribution in [0, 0.1) is 0 Å². The van der Waals surface area contributed by atoms with Crippen LogP contribution in [-0.4, -0.2) is 26.6 Å². The Kier molecular flexibility index (Phi) is 6.98. The van der Waals surface area contributed by atoms with Gasteiger partial charge in [-0.15, -0.1) is 0 Å². The van der Waals surface area contributed by atoms with Gasteiger partial charge in [-0.1, -0.05) is 48.5 Å². The van der Waals surface area contributed by atoms with Crippen LogP contribution in [0.2, 0.25) is 0 Å². The predicted molar refractivity (Wildman–Crippen MR) is 75.6 cm³/mol. The van der Waals surface area contributed by atoms with E-state index in [1.54, 1.807) is 19.2 Å². The first-order valence-electron chi connectivity index (χ1n) is 5.94. The number of carbonyl (C=O) groups excluding carboxylic acids is 1. The molecule has 3 nitrogen and oxygen atoms in total. The summed E-state index contributed by atoms with van der Waals surface area (Å²) in [6, 6.07) is 18.8. The Bertz CT molecular complexity index is 466. The van der Waals surface area contributed by atoms with E-state index in [-0.39, 0.29) is 12.4 Å². The second-order valence-corrected chi connectivity index (χ2v) is 3.74. The van der Waals surface area contributed by atoms with Gasteiger partial charge in [0.2, 0.25) is 0 Å². The van der Waals surface area contributed by atoms with Crippen LogP contribution in [0.25, 0.3) is 0 Å². The summed E-state index contributed by atoms with van der Waals surface area (Å²) in [6.07, 6.45) is 0. The molecule has 19 heavy (non-hydrogen) atoms. The van der Waals surface area contributed by atoms with Crippen LogP contribution in [-0.2, 0) is 4.74 Å². The molecule has 100 valence electrons. The van der Waals surface area contributed by atoms with E-state index in [2.05, 4.69) is 0 Å². The summed E-state index contributed by atoms with van der Waals surface area (Å²) in [5.74, 6) is 0.931. The summed E-state index contributed by atoms with van der Waals surface area (Å²) >= 11 is 0. The van der Waals surface area contributed by atoms with Gasteiger partial charge in [-0.3, -0.25) is 4.79 Å². The molecular weight excluding hydrogens is 240 g/mol. The van der Waals surface area contributed by atoms with Gasteiger partial charge in [-0.25, -0.2) is 0 Å². The number of hydrogen-bond acceptors (Lipinski definition) is 3. The van der Waals surface area contributed by atoms with Gasteiger partial charge in [0.25, 0.3) is 0 Å². The average Bonchev–Trinajstić information content (AvgIpc) is 2.50. The molecule has 0 unspecified atom stereocenters. The highest BCUT2D eigenvalue weighted by atomic mass is 16.5. The van der Waals surface area contributed by atoms with Crippen molar-refractivity contribution in [1.82, 2.24) is 0 Å². The normalized spacial score (nSPS) is 9.16. The van der Waals surface area contributed by atoms with Gasteiger partial charge in [0.1, 0.15) is 12.4 Å². The fraction of sp³-hybridized carbons (Fsp3) is 0.188. The molecule has 0 aliphatic carbocycles. The first-order chi connectivity index (χ1) is 9.27. The van der Waals surface area contributed by atoms with Crippen LogP contribution >= 0.6 is 0 Å². The van der Waals surface area contributed by atoms with Gasteiger partial charge in [-0.2, -0.15) is 0 Å². The Morgan fingerprint density at radius 3 is 1.84 bits per heavy atom. The van der Waals surface area contributed by atoms with E-state index < -0.39 is 0 Å². The smallest absolute Gasteiger partial charge is 0.188 e. The Morgan fingerprint density at radius 1 is 0.895 bits per heavy atom. The van der Waals surface area contributed by atoms with Crippen molar-refractivity contribution in [1.29, 1.82) is 0 Å². The molecule has 0 amide bonds. The molecule has 2 aromatic rings. The minimum Gasteiger partial charge on any atom is -0.497 e. The average molecular weight is 258 g/mol. The van der Waals surface area contributed by atoms with E-state index in [1.807, 2.05) is 48.5 Å². The Morgan fingerprint density at radius 2 is 1.42 bits per heavy atom. The summed E-state index contributed by atoms with van der Waals surface area (Å²) in [4.78, 5) is 11.1. The molecule has 0 bridgehead atoms. The molecule has 0 aromatic heterocycles. The van der Waals surface area contributed by atoms with Gasteiger partial charge in [0.05, 0.1) is 7.11 Å². The lowest BCUT2D eigenvalue weighted by Gasteiger charge is -1.97. The zero-order valence-corrected chi connectivity index (χ0v) is 11.2. The molecule has 0 fully saturated rings. The predicted octanol–water partition coefficient (Wildman–Crippen LogP) is 3.21. The van der Waals surface area contributed by atoms with Crippen LogP contribution in [0.3, 0.4) is 0 Å². The molecule has 3 heteroatoms. The number of hydrogen-bond donors (Lipinski definition) is 0. The second-order valence-electron chi connectivity index (χ2n) is 3.74. The molecule has 0 spiro atoms. The van der Waals surface area contributed by atoms with Crippen LogP contribution in [0.5, 0.6) is 5.75 Å². The SMILES string of the molecule is COCC(=O)c1ccccc1.COc1ccccc1. The van der Waals surface area contributed by atoms with Crippen molar-refractivity contribution >= 4 is 5.78 Å². The highest BCUT2D eigenvalue weighted by molar-refractivity contribution is 5.96. The van der Waals surface area contributed by atoms with E-state index in [0.717, 1.165) is 5.75 Å². The van der Waals surface area contributed by atoms with Crippen LogP contribution in [0.4, 0.5) is 0 Å². The molecule has 0 radical (unpaired) electrons. The summed E-state index contributed by atoms with van der Waals surface area (Å²) in [7, 11) is 3.18. The number of benzene rings is 2. The van der Waals surface area contributed by atoms with E-state index >= 15 is 0 Å². The number of ether oxygens (including phenoxy) is 2. The van der Waals surface area contributed by atoms with Gasteiger partial charge >= 0.3 is 0 Å².